The van der Waals surface area contributed by atoms with E-state index < -0.39 is 0 Å². The predicted octanol–water partition coefficient (Wildman–Crippen LogP) is 6.17. The Labute approximate surface area is 119 Å². The highest BCUT2D eigenvalue weighted by Gasteiger charge is 2.29. The Hall–Kier alpha value is 0.290. The minimum absolute atomic E-state index is 0.488. The first-order chi connectivity index (χ1) is 8.79. The molecular formula is C17H31Cl. The van der Waals surface area contributed by atoms with Crippen LogP contribution >= 0.6 is 11.6 Å². The van der Waals surface area contributed by atoms with Crippen molar-refractivity contribution in [2.24, 2.45) is 17.8 Å². The molecule has 0 radical (unpaired) electrons. The molecule has 2 rings (SSSR count). The van der Waals surface area contributed by atoms with E-state index in [9.17, 15) is 0 Å². The molecular weight excluding hydrogens is 240 g/mol. The van der Waals surface area contributed by atoms with Gasteiger partial charge >= 0.3 is 0 Å². The second-order valence-corrected chi connectivity index (χ2v) is 7.39. The Balaban J connectivity index is 1.72. The first kappa shape index (κ1) is 14.7. The maximum Gasteiger partial charge on any atom is 0.0364 e. The normalized spacial score (nSPS) is 34.7. The van der Waals surface area contributed by atoms with Gasteiger partial charge in [0.2, 0.25) is 0 Å². The fraction of sp³-hybridized carbons (Fsp3) is 1.00. The molecule has 3 atom stereocenters. The van der Waals surface area contributed by atoms with E-state index in [1.54, 1.807) is 0 Å². The minimum atomic E-state index is 0.488. The Morgan fingerprint density at radius 1 is 0.833 bits per heavy atom. The summed E-state index contributed by atoms with van der Waals surface area (Å²) in [5.41, 5.74) is 0. The zero-order valence-electron chi connectivity index (χ0n) is 12.2. The summed E-state index contributed by atoms with van der Waals surface area (Å²) >= 11 is 6.57. The molecule has 0 aromatic heterocycles. The van der Waals surface area contributed by atoms with Gasteiger partial charge in [0.05, 0.1) is 0 Å². The van der Waals surface area contributed by atoms with Crippen LogP contribution in [-0.4, -0.2) is 5.38 Å². The van der Waals surface area contributed by atoms with Crippen molar-refractivity contribution in [1.29, 1.82) is 0 Å². The van der Waals surface area contributed by atoms with Gasteiger partial charge in [-0.15, -0.1) is 11.6 Å². The summed E-state index contributed by atoms with van der Waals surface area (Å²) in [6, 6.07) is 0. The lowest BCUT2D eigenvalue weighted by atomic mass is 9.75. The summed E-state index contributed by atoms with van der Waals surface area (Å²) in [6.45, 7) is 2.32. The second-order valence-electron chi connectivity index (χ2n) is 6.83. The molecule has 106 valence electrons. The van der Waals surface area contributed by atoms with Crippen LogP contribution < -0.4 is 0 Å². The van der Waals surface area contributed by atoms with Gasteiger partial charge in [0.15, 0.2) is 0 Å². The zero-order chi connectivity index (χ0) is 12.8. The van der Waals surface area contributed by atoms with Crippen LogP contribution in [0.4, 0.5) is 0 Å². The summed E-state index contributed by atoms with van der Waals surface area (Å²) in [7, 11) is 0. The van der Waals surface area contributed by atoms with E-state index in [0.717, 1.165) is 17.8 Å². The average molecular weight is 271 g/mol. The molecule has 2 aliphatic carbocycles. The molecule has 0 aromatic carbocycles. The van der Waals surface area contributed by atoms with Crippen molar-refractivity contribution in [2.45, 2.75) is 89.4 Å². The molecule has 0 heterocycles. The van der Waals surface area contributed by atoms with Gasteiger partial charge in [-0.2, -0.15) is 0 Å². The van der Waals surface area contributed by atoms with Crippen LogP contribution in [0.25, 0.3) is 0 Å². The van der Waals surface area contributed by atoms with Gasteiger partial charge in [-0.3, -0.25) is 0 Å². The lowest BCUT2D eigenvalue weighted by Crippen LogP contribution is -2.26. The van der Waals surface area contributed by atoms with Crippen LogP contribution in [0.15, 0.2) is 0 Å². The van der Waals surface area contributed by atoms with E-state index in [4.69, 9.17) is 11.6 Å². The molecule has 0 N–H and O–H groups in total. The molecule has 2 saturated carbocycles. The topological polar surface area (TPSA) is 0 Å². The van der Waals surface area contributed by atoms with Crippen LogP contribution in [-0.2, 0) is 0 Å². The van der Waals surface area contributed by atoms with Crippen molar-refractivity contribution in [2.75, 3.05) is 0 Å². The zero-order valence-corrected chi connectivity index (χ0v) is 12.9. The summed E-state index contributed by atoms with van der Waals surface area (Å²) < 4.78 is 0. The third kappa shape index (κ3) is 4.44. The fourth-order valence-corrected chi connectivity index (χ4v) is 4.57. The van der Waals surface area contributed by atoms with Crippen LogP contribution in [0.3, 0.4) is 0 Å². The summed E-state index contributed by atoms with van der Waals surface area (Å²) in [4.78, 5) is 0. The van der Waals surface area contributed by atoms with Crippen LogP contribution in [0.5, 0.6) is 0 Å². The lowest BCUT2D eigenvalue weighted by molar-refractivity contribution is 0.224. The van der Waals surface area contributed by atoms with Crippen LogP contribution in [0, 0.1) is 17.8 Å². The molecule has 0 amide bonds. The van der Waals surface area contributed by atoms with E-state index in [1.807, 2.05) is 0 Å². The van der Waals surface area contributed by atoms with Crippen LogP contribution in [0.1, 0.15) is 84.0 Å². The molecule has 0 aliphatic heterocycles. The number of rotatable bonds is 5. The summed E-state index contributed by atoms with van der Waals surface area (Å²) in [5, 5.41) is 0.488. The van der Waals surface area contributed by atoms with E-state index in [2.05, 4.69) is 6.92 Å². The van der Waals surface area contributed by atoms with Crippen molar-refractivity contribution >= 4 is 11.6 Å². The SMILES string of the molecule is CCCC1CCC(Cl)C(CCC2CCCCC2)C1. The van der Waals surface area contributed by atoms with Gasteiger partial charge in [-0.05, 0) is 43.4 Å². The first-order valence-corrected chi connectivity index (χ1v) is 8.87. The number of hydrogen-bond donors (Lipinski definition) is 0. The van der Waals surface area contributed by atoms with E-state index in [0.29, 0.717) is 5.38 Å². The fourth-order valence-electron chi connectivity index (χ4n) is 4.22. The third-order valence-corrected chi connectivity index (χ3v) is 5.94. The van der Waals surface area contributed by atoms with E-state index >= 15 is 0 Å². The number of halogens is 1. The molecule has 1 heteroatoms. The highest BCUT2D eigenvalue weighted by atomic mass is 35.5. The Morgan fingerprint density at radius 3 is 2.33 bits per heavy atom. The van der Waals surface area contributed by atoms with Crippen molar-refractivity contribution in [3.05, 3.63) is 0 Å². The van der Waals surface area contributed by atoms with Crippen molar-refractivity contribution < 1.29 is 0 Å². The second kappa shape index (κ2) is 7.78. The Morgan fingerprint density at radius 2 is 1.61 bits per heavy atom. The quantitative estimate of drug-likeness (QED) is 0.524. The molecule has 0 spiro atoms. The molecule has 3 unspecified atom stereocenters. The summed E-state index contributed by atoms with van der Waals surface area (Å²) in [6.07, 6.45) is 17.2. The average Bonchev–Trinajstić information content (AvgIpc) is 2.41. The lowest BCUT2D eigenvalue weighted by Gasteiger charge is -2.34. The summed E-state index contributed by atoms with van der Waals surface area (Å²) in [5.74, 6) is 2.86. The molecule has 2 aliphatic rings. The predicted molar refractivity (Wildman–Crippen MR) is 81.2 cm³/mol. The molecule has 2 fully saturated rings. The van der Waals surface area contributed by atoms with Crippen molar-refractivity contribution in [3.8, 4) is 0 Å². The highest BCUT2D eigenvalue weighted by molar-refractivity contribution is 6.20. The molecule has 0 bridgehead atoms. The van der Waals surface area contributed by atoms with E-state index in [1.165, 1.54) is 77.0 Å². The minimum Gasteiger partial charge on any atom is -0.123 e. The molecule has 18 heavy (non-hydrogen) atoms. The maximum absolute atomic E-state index is 6.57. The van der Waals surface area contributed by atoms with Gasteiger partial charge in [-0.25, -0.2) is 0 Å². The van der Waals surface area contributed by atoms with Gasteiger partial charge in [0, 0.05) is 5.38 Å². The van der Waals surface area contributed by atoms with Gasteiger partial charge in [0.1, 0.15) is 0 Å². The van der Waals surface area contributed by atoms with Gasteiger partial charge < -0.3 is 0 Å². The maximum atomic E-state index is 6.57. The molecule has 0 aromatic rings. The third-order valence-electron chi connectivity index (χ3n) is 5.37. The number of hydrogen-bond acceptors (Lipinski definition) is 0. The first-order valence-electron chi connectivity index (χ1n) is 8.43. The van der Waals surface area contributed by atoms with Crippen molar-refractivity contribution in [3.63, 3.8) is 0 Å². The van der Waals surface area contributed by atoms with Crippen LogP contribution in [0.2, 0.25) is 0 Å². The van der Waals surface area contributed by atoms with E-state index in [-0.39, 0.29) is 0 Å². The van der Waals surface area contributed by atoms with Gasteiger partial charge in [0.25, 0.3) is 0 Å². The highest BCUT2D eigenvalue weighted by Crippen LogP contribution is 2.39. The monoisotopic (exact) mass is 270 g/mol. The molecule has 0 saturated heterocycles. The smallest absolute Gasteiger partial charge is 0.0364 e. The number of alkyl halides is 1. The molecule has 0 nitrogen and oxygen atoms in total. The standard InChI is InChI=1S/C17H31Cl/c1-2-6-15-10-12-17(18)16(13-15)11-9-14-7-4-3-5-8-14/h14-17H,2-13H2,1H3. The Kier molecular flexibility index (Phi) is 6.35. The van der Waals surface area contributed by atoms with Crippen molar-refractivity contribution in [1.82, 2.24) is 0 Å². The van der Waals surface area contributed by atoms with Gasteiger partial charge in [-0.1, -0.05) is 58.3 Å². The Bertz CT molecular complexity index is 220. The largest absolute Gasteiger partial charge is 0.123 e.